The van der Waals surface area contributed by atoms with Gasteiger partial charge in [-0.05, 0) is 32.0 Å². The molecule has 0 bridgehead atoms. The first kappa shape index (κ1) is 19.4. The summed E-state index contributed by atoms with van der Waals surface area (Å²) in [5.74, 6) is 0.492. The number of hydrogen-bond donors (Lipinski definition) is 2. The lowest BCUT2D eigenvalue weighted by molar-refractivity contribution is -0.117. The number of anilines is 1. The highest BCUT2D eigenvalue weighted by Crippen LogP contribution is 2.22. The largest absolute Gasteiger partial charge is 0.495 e. The van der Waals surface area contributed by atoms with Crippen LogP contribution in [0.25, 0.3) is 0 Å². The summed E-state index contributed by atoms with van der Waals surface area (Å²) in [6.45, 7) is 6.14. The van der Waals surface area contributed by atoms with Crippen molar-refractivity contribution >= 4 is 11.6 Å². The van der Waals surface area contributed by atoms with Crippen LogP contribution in [0.1, 0.15) is 20.3 Å². The summed E-state index contributed by atoms with van der Waals surface area (Å²) in [7, 11) is 1.57. The van der Waals surface area contributed by atoms with Crippen LogP contribution in [0.2, 0.25) is 0 Å². The summed E-state index contributed by atoms with van der Waals surface area (Å²) in [4.78, 5) is 14.2. The van der Waals surface area contributed by atoms with E-state index in [0.717, 1.165) is 13.0 Å². The minimum absolute atomic E-state index is 0.133. The molecule has 1 amide bonds. The summed E-state index contributed by atoms with van der Waals surface area (Å²) in [6, 6.07) is 7.28. The molecule has 130 valence electrons. The Labute approximate surface area is 138 Å². The maximum absolute atomic E-state index is 12.2. The third kappa shape index (κ3) is 7.45. The highest BCUT2D eigenvalue weighted by molar-refractivity contribution is 5.93. The molecule has 1 aromatic carbocycles. The van der Waals surface area contributed by atoms with Crippen molar-refractivity contribution < 1.29 is 19.4 Å². The van der Waals surface area contributed by atoms with E-state index in [2.05, 4.69) is 5.32 Å². The van der Waals surface area contributed by atoms with Gasteiger partial charge in [-0.3, -0.25) is 9.69 Å². The maximum atomic E-state index is 12.2. The van der Waals surface area contributed by atoms with Crippen LogP contribution in [0.15, 0.2) is 24.3 Å². The smallest absolute Gasteiger partial charge is 0.238 e. The van der Waals surface area contributed by atoms with Gasteiger partial charge >= 0.3 is 0 Å². The van der Waals surface area contributed by atoms with Crippen LogP contribution in [0, 0.1) is 0 Å². The Balaban J connectivity index is 2.56. The monoisotopic (exact) mass is 324 g/mol. The van der Waals surface area contributed by atoms with Gasteiger partial charge in [0.2, 0.25) is 5.91 Å². The third-order valence-corrected chi connectivity index (χ3v) is 3.27. The Bertz CT molecular complexity index is 468. The molecule has 23 heavy (non-hydrogen) atoms. The van der Waals surface area contributed by atoms with Gasteiger partial charge in [0.05, 0.1) is 32.1 Å². The molecule has 0 aliphatic rings. The number of rotatable bonds is 11. The van der Waals surface area contributed by atoms with E-state index in [0.29, 0.717) is 24.6 Å². The van der Waals surface area contributed by atoms with E-state index in [1.165, 1.54) is 0 Å². The molecule has 6 heteroatoms. The molecule has 0 radical (unpaired) electrons. The molecule has 0 saturated heterocycles. The maximum Gasteiger partial charge on any atom is 0.238 e. The van der Waals surface area contributed by atoms with E-state index >= 15 is 0 Å². The van der Waals surface area contributed by atoms with E-state index in [4.69, 9.17) is 9.47 Å². The lowest BCUT2D eigenvalue weighted by atomic mass is 10.2. The van der Waals surface area contributed by atoms with Crippen molar-refractivity contribution in [2.45, 2.75) is 26.4 Å². The third-order valence-electron chi connectivity index (χ3n) is 3.27. The summed E-state index contributed by atoms with van der Waals surface area (Å²) in [5.41, 5.74) is 0.645. The molecule has 1 unspecified atom stereocenters. The molecule has 0 fully saturated rings. The summed E-state index contributed by atoms with van der Waals surface area (Å²) >= 11 is 0. The number of aliphatic hydroxyl groups is 1. The molecule has 0 aliphatic carbocycles. The van der Waals surface area contributed by atoms with E-state index in [9.17, 15) is 9.90 Å². The second-order valence-electron chi connectivity index (χ2n) is 5.30. The van der Waals surface area contributed by atoms with Gasteiger partial charge in [0.25, 0.3) is 0 Å². The second kappa shape index (κ2) is 11.0. The molecule has 0 aromatic heterocycles. The first-order valence-electron chi connectivity index (χ1n) is 8.01. The Morgan fingerprint density at radius 1 is 1.35 bits per heavy atom. The summed E-state index contributed by atoms with van der Waals surface area (Å²) in [6.07, 6.45) is 0.309. The van der Waals surface area contributed by atoms with Crippen LogP contribution in [0.3, 0.4) is 0 Å². The predicted octanol–water partition coefficient (Wildman–Crippen LogP) is 1.74. The number of hydrogen-bond acceptors (Lipinski definition) is 5. The lowest BCUT2D eigenvalue weighted by Gasteiger charge is -2.24. The number of aliphatic hydroxyl groups excluding tert-OH is 1. The number of benzene rings is 1. The summed E-state index contributed by atoms with van der Waals surface area (Å²) < 4.78 is 10.4. The van der Waals surface area contributed by atoms with Crippen molar-refractivity contribution in [1.82, 2.24) is 4.90 Å². The number of methoxy groups -OCH3 is 1. The van der Waals surface area contributed by atoms with Crippen molar-refractivity contribution in [3.05, 3.63) is 24.3 Å². The highest BCUT2D eigenvalue weighted by atomic mass is 16.5. The highest BCUT2D eigenvalue weighted by Gasteiger charge is 2.15. The number of amides is 1. The molecule has 1 atom stereocenters. The number of para-hydroxylation sites is 2. The van der Waals surface area contributed by atoms with E-state index < -0.39 is 6.10 Å². The van der Waals surface area contributed by atoms with E-state index in [1.54, 1.807) is 19.2 Å². The van der Waals surface area contributed by atoms with Crippen LogP contribution >= 0.6 is 0 Å². The van der Waals surface area contributed by atoms with Crippen LogP contribution in [-0.2, 0) is 9.53 Å². The molecular formula is C17H28N2O4. The SMILES string of the molecule is CCCN(CC(=O)Nc1ccccc1OC)CC(O)COCC. The quantitative estimate of drug-likeness (QED) is 0.649. The van der Waals surface area contributed by atoms with Crippen LogP contribution in [0.4, 0.5) is 5.69 Å². The molecule has 1 aromatic rings. The Kier molecular flexibility index (Phi) is 9.28. The van der Waals surface area contributed by atoms with Gasteiger partial charge in [-0.15, -0.1) is 0 Å². The van der Waals surface area contributed by atoms with Crippen molar-refractivity contribution in [1.29, 1.82) is 0 Å². The number of carbonyl (C=O) groups is 1. The number of ether oxygens (including phenoxy) is 2. The molecule has 0 aliphatic heterocycles. The fourth-order valence-electron chi connectivity index (χ4n) is 2.30. The zero-order valence-electron chi connectivity index (χ0n) is 14.2. The molecule has 2 N–H and O–H groups in total. The summed E-state index contributed by atoms with van der Waals surface area (Å²) in [5, 5.41) is 12.8. The fourth-order valence-corrected chi connectivity index (χ4v) is 2.30. The van der Waals surface area contributed by atoms with Gasteiger partial charge in [0, 0.05) is 13.2 Å². The number of nitrogens with one attached hydrogen (secondary N) is 1. The van der Waals surface area contributed by atoms with Gasteiger partial charge in [-0.2, -0.15) is 0 Å². The minimum Gasteiger partial charge on any atom is -0.495 e. The molecule has 6 nitrogen and oxygen atoms in total. The topological polar surface area (TPSA) is 71.0 Å². The van der Waals surface area contributed by atoms with Crippen molar-refractivity contribution in [3.63, 3.8) is 0 Å². The second-order valence-corrected chi connectivity index (χ2v) is 5.30. The van der Waals surface area contributed by atoms with E-state index in [-0.39, 0.29) is 19.1 Å². The van der Waals surface area contributed by atoms with Crippen LogP contribution in [-0.4, -0.2) is 62.0 Å². The van der Waals surface area contributed by atoms with Gasteiger partial charge in [0.15, 0.2) is 0 Å². The normalized spacial score (nSPS) is 12.2. The average molecular weight is 324 g/mol. The zero-order chi connectivity index (χ0) is 17.1. The Hall–Kier alpha value is -1.63. The van der Waals surface area contributed by atoms with E-state index in [1.807, 2.05) is 30.9 Å². The zero-order valence-corrected chi connectivity index (χ0v) is 14.2. The standard InChI is InChI=1S/C17H28N2O4/c1-4-10-19(11-14(20)13-23-5-2)12-17(21)18-15-8-6-7-9-16(15)22-3/h6-9,14,20H,4-5,10-13H2,1-3H3,(H,18,21). The van der Waals surface area contributed by atoms with Crippen molar-refractivity contribution in [3.8, 4) is 5.75 Å². The van der Waals surface area contributed by atoms with Crippen molar-refractivity contribution in [2.24, 2.45) is 0 Å². The lowest BCUT2D eigenvalue weighted by Crippen LogP contribution is -2.40. The Morgan fingerprint density at radius 3 is 2.74 bits per heavy atom. The minimum atomic E-state index is -0.597. The first-order chi connectivity index (χ1) is 11.1. The molecule has 0 heterocycles. The molecule has 0 spiro atoms. The molecular weight excluding hydrogens is 296 g/mol. The van der Waals surface area contributed by atoms with Gasteiger partial charge in [-0.25, -0.2) is 0 Å². The molecule has 1 rings (SSSR count). The van der Waals surface area contributed by atoms with Gasteiger partial charge in [-0.1, -0.05) is 19.1 Å². The number of nitrogens with zero attached hydrogens (tertiary/aromatic N) is 1. The van der Waals surface area contributed by atoms with Crippen LogP contribution < -0.4 is 10.1 Å². The first-order valence-corrected chi connectivity index (χ1v) is 8.01. The van der Waals surface area contributed by atoms with Gasteiger partial charge < -0.3 is 19.9 Å². The van der Waals surface area contributed by atoms with Gasteiger partial charge in [0.1, 0.15) is 5.75 Å². The number of carbonyl (C=O) groups excluding carboxylic acids is 1. The van der Waals surface area contributed by atoms with Crippen molar-refractivity contribution in [2.75, 3.05) is 45.3 Å². The fraction of sp³-hybridized carbons (Fsp3) is 0.588. The molecule has 0 saturated carbocycles. The average Bonchev–Trinajstić information content (AvgIpc) is 2.53. The van der Waals surface area contributed by atoms with Crippen LogP contribution in [0.5, 0.6) is 5.75 Å². The Morgan fingerprint density at radius 2 is 2.09 bits per heavy atom. The predicted molar refractivity (Wildman–Crippen MR) is 90.9 cm³/mol.